The van der Waals surface area contributed by atoms with Crippen molar-refractivity contribution in [2.45, 2.75) is 33.6 Å². The number of piperidine rings is 1. The summed E-state index contributed by atoms with van der Waals surface area (Å²) in [6.07, 6.45) is 1.35. The Morgan fingerprint density at radius 3 is 2.39 bits per heavy atom. The minimum Gasteiger partial charge on any atom is -0.469 e. The molecule has 2 N–H and O–H groups in total. The van der Waals surface area contributed by atoms with Gasteiger partial charge in [-0.2, -0.15) is 0 Å². The molecule has 0 unspecified atom stereocenters. The Bertz CT molecular complexity index is 765. The predicted octanol–water partition coefficient (Wildman–Crippen LogP) is 0.842. The zero-order chi connectivity index (χ0) is 20.8. The van der Waals surface area contributed by atoms with Crippen LogP contribution in [0.25, 0.3) is 0 Å². The van der Waals surface area contributed by atoms with Gasteiger partial charge in [-0.1, -0.05) is 0 Å². The van der Waals surface area contributed by atoms with E-state index < -0.39 is 5.97 Å². The third kappa shape index (κ3) is 5.17. The molecule has 2 rings (SSSR count). The van der Waals surface area contributed by atoms with Gasteiger partial charge in [-0.05, 0) is 26.3 Å². The molecule has 154 valence electrons. The van der Waals surface area contributed by atoms with Crippen LogP contribution in [0.15, 0.2) is 0 Å². The first-order valence-corrected chi connectivity index (χ1v) is 10.1. The van der Waals surface area contributed by atoms with Crippen LogP contribution in [0.2, 0.25) is 0 Å². The molecule has 9 heteroatoms. The average Bonchev–Trinajstić information content (AvgIpc) is 2.98. The molecule has 8 nitrogen and oxygen atoms in total. The Hall–Kier alpha value is -2.26. The van der Waals surface area contributed by atoms with Crippen LogP contribution >= 0.6 is 11.3 Å². The van der Waals surface area contributed by atoms with Gasteiger partial charge in [-0.15, -0.1) is 11.3 Å². The van der Waals surface area contributed by atoms with Crippen LogP contribution in [0, 0.1) is 12.8 Å². The Balaban J connectivity index is 2.05. The van der Waals surface area contributed by atoms with E-state index in [2.05, 4.69) is 5.32 Å². The number of ketones is 1. The van der Waals surface area contributed by atoms with Crippen molar-refractivity contribution in [3.8, 4) is 0 Å². The Labute approximate surface area is 168 Å². The molecular weight excluding hydrogens is 384 g/mol. The number of carbonyl (C=O) groups excluding carboxylic acids is 4. The maximum atomic E-state index is 12.5. The molecule has 0 aromatic carbocycles. The third-order valence-electron chi connectivity index (χ3n) is 4.84. The predicted molar refractivity (Wildman–Crippen MR) is 104 cm³/mol. The van der Waals surface area contributed by atoms with Gasteiger partial charge in [-0.3, -0.25) is 14.4 Å². The van der Waals surface area contributed by atoms with Crippen molar-refractivity contribution < 1.29 is 33.6 Å². The second-order valence-corrected chi connectivity index (χ2v) is 7.83. The van der Waals surface area contributed by atoms with Crippen molar-refractivity contribution in [2.75, 3.05) is 38.7 Å². The van der Waals surface area contributed by atoms with Gasteiger partial charge >= 0.3 is 11.9 Å². The number of amides is 1. The largest absolute Gasteiger partial charge is 0.469 e. The number of anilines is 1. The Kier molecular flexibility index (Phi) is 7.70. The van der Waals surface area contributed by atoms with E-state index in [0.717, 1.165) is 16.2 Å². The molecule has 1 amide bonds. The topological polar surface area (TPSA) is 103 Å². The second kappa shape index (κ2) is 9.79. The number of esters is 2. The Morgan fingerprint density at radius 1 is 1.21 bits per heavy atom. The van der Waals surface area contributed by atoms with E-state index in [-0.39, 0.29) is 42.3 Å². The van der Waals surface area contributed by atoms with Gasteiger partial charge in [-0.25, -0.2) is 4.79 Å². The highest BCUT2D eigenvalue weighted by Gasteiger charge is 2.30. The quantitative estimate of drug-likeness (QED) is 0.509. The molecule has 28 heavy (non-hydrogen) atoms. The SMILES string of the molecule is CCOC(=O)c1c(NC(=O)C[NH+]2CCC(C(=O)OC)CC2)sc(C(C)=O)c1C. The number of ether oxygens (including phenoxy) is 2. The Morgan fingerprint density at radius 2 is 1.86 bits per heavy atom. The molecule has 0 saturated carbocycles. The molecular formula is C19H27N2O6S+. The molecule has 0 radical (unpaired) electrons. The zero-order valence-corrected chi connectivity index (χ0v) is 17.5. The molecule has 0 aliphatic carbocycles. The minimum atomic E-state index is -0.551. The zero-order valence-electron chi connectivity index (χ0n) is 16.7. The van der Waals surface area contributed by atoms with Crippen LogP contribution in [0.5, 0.6) is 0 Å². The van der Waals surface area contributed by atoms with Gasteiger partial charge in [0.2, 0.25) is 0 Å². The number of hydrogen-bond donors (Lipinski definition) is 2. The number of thiophene rings is 1. The maximum absolute atomic E-state index is 12.5. The molecule has 2 heterocycles. The fourth-order valence-corrected chi connectivity index (χ4v) is 4.50. The number of carbonyl (C=O) groups is 4. The maximum Gasteiger partial charge on any atom is 0.341 e. The van der Waals surface area contributed by atoms with Crippen LogP contribution in [0.1, 0.15) is 52.3 Å². The summed E-state index contributed by atoms with van der Waals surface area (Å²) in [7, 11) is 1.38. The molecule has 1 fully saturated rings. The molecule has 1 aliphatic rings. The monoisotopic (exact) mass is 411 g/mol. The number of hydrogen-bond acceptors (Lipinski definition) is 7. The molecule has 0 atom stereocenters. The minimum absolute atomic E-state index is 0.106. The summed E-state index contributed by atoms with van der Waals surface area (Å²) in [6.45, 7) is 6.62. The molecule has 1 aliphatic heterocycles. The summed E-state index contributed by atoms with van der Waals surface area (Å²) in [5, 5.41) is 3.12. The normalized spacial score (nSPS) is 19.0. The van der Waals surface area contributed by atoms with Crippen molar-refractivity contribution in [3.63, 3.8) is 0 Å². The van der Waals surface area contributed by atoms with Gasteiger partial charge in [0.15, 0.2) is 12.3 Å². The number of quaternary nitrogens is 1. The first-order valence-electron chi connectivity index (χ1n) is 9.31. The van der Waals surface area contributed by atoms with Crippen LogP contribution < -0.4 is 10.2 Å². The highest BCUT2D eigenvalue weighted by molar-refractivity contribution is 7.18. The number of rotatable bonds is 7. The number of likely N-dealkylation sites (tertiary alicyclic amines) is 1. The smallest absolute Gasteiger partial charge is 0.341 e. The number of methoxy groups -OCH3 is 1. The third-order valence-corrected chi connectivity index (χ3v) is 6.14. The highest BCUT2D eigenvalue weighted by atomic mass is 32.1. The van der Waals surface area contributed by atoms with Crippen LogP contribution in [0.4, 0.5) is 5.00 Å². The van der Waals surface area contributed by atoms with Crippen molar-refractivity contribution in [3.05, 3.63) is 16.0 Å². The van der Waals surface area contributed by atoms with Gasteiger partial charge in [0.25, 0.3) is 5.91 Å². The molecule has 1 aromatic heterocycles. The summed E-state index contributed by atoms with van der Waals surface area (Å²) >= 11 is 1.09. The van der Waals surface area contributed by atoms with Gasteiger partial charge in [0, 0.05) is 12.8 Å². The molecule has 1 saturated heterocycles. The van der Waals surface area contributed by atoms with E-state index in [1.165, 1.54) is 14.0 Å². The van der Waals surface area contributed by atoms with Gasteiger partial charge in [0.1, 0.15) is 5.00 Å². The van der Waals surface area contributed by atoms with Crippen LogP contribution in [-0.2, 0) is 19.1 Å². The summed E-state index contributed by atoms with van der Waals surface area (Å²) < 4.78 is 9.85. The van der Waals surface area contributed by atoms with E-state index in [1.807, 2.05) is 0 Å². The van der Waals surface area contributed by atoms with E-state index in [0.29, 0.717) is 41.4 Å². The van der Waals surface area contributed by atoms with Crippen molar-refractivity contribution >= 4 is 40.0 Å². The first kappa shape index (κ1) is 22.0. The van der Waals surface area contributed by atoms with Crippen molar-refractivity contribution in [2.24, 2.45) is 5.92 Å². The van der Waals surface area contributed by atoms with E-state index in [1.54, 1.807) is 13.8 Å². The van der Waals surface area contributed by atoms with Crippen LogP contribution in [0.3, 0.4) is 0 Å². The average molecular weight is 412 g/mol. The fraction of sp³-hybridized carbons (Fsp3) is 0.579. The molecule has 1 aromatic rings. The standard InChI is InChI=1S/C19H26N2O6S/c1-5-27-19(25)15-11(2)16(12(3)22)28-17(15)20-14(23)10-21-8-6-13(7-9-21)18(24)26-4/h13H,5-10H2,1-4H3,(H,20,23)/p+1. The van der Waals surface area contributed by atoms with Crippen molar-refractivity contribution in [1.82, 2.24) is 0 Å². The lowest BCUT2D eigenvalue weighted by Crippen LogP contribution is -3.14. The first-order chi connectivity index (χ1) is 13.3. The van der Waals surface area contributed by atoms with E-state index in [4.69, 9.17) is 9.47 Å². The lowest BCUT2D eigenvalue weighted by molar-refractivity contribution is -0.897. The number of nitrogens with one attached hydrogen (secondary N) is 2. The second-order valence-electron chi connectivity index (χ2n) is 6.81. The summed E-state index contributed by atoms with van der Waals surface area (Å²) in [5.74, 6) is -1.26. The highest BCUT2D eigenvalue weighted by Crippen LogP contribution is 2.34. The molecule has 0 bridgehead atoms. The van der Waals surface area contributed by atoms with Crippen molar-refractivity contribution in [1.29, 1.82) is 0 Å². The van der Waals surface area contributed by atoms with E-state index in [9.17, 15) is 19.2 Å². The fourth-order valence-electron chi connectivity index (χ4n) is 3.39. The van der Waals surface area contributed by atoms with E-state index >= 15 is 0 Å². The molecule has 0 spiro atoms. The summed E-state index contributed by atoms with van der Waals surface area (Å²) in [6, 6.07) is 0. The number of Topliss-reactive ketones (excluding diaryl/α,β-unsaturated/α-hetero) is 1. The van der Waals surface area contributed by atoms with Crippen LogP contribution in [-0.4, -0.2) is 57.0 Å². The summed E-state index contributed by atoms with van der Waals surface area (Å²) in [4.78, 5) is 49.7. The lowest BCUT2D eigenvalue weighted by Gasteiger charge is -2.27. The van der Waals surface area contributed by atoms with Gasteiger partial charge < -0.3 is 19.7 Å². The van der Waals surface area contributed by atoms with Gasteiger partial charge in [0.05, 0.1) is 43.2 Å². The lowest BCUT2D eigenvalue weighted by atomic mass is 9.97. The summed E-state index contributed by atoms with van der Waals surface area (Å²) in [5.41, 5.74) is 0.766.